The predicted molar refractivity (Wildman–Crippen MR) is 135 cm³/mol. The van der Waals surface area contributed by atoms with Crippen LogP contribution in [0.15, 0.2) is 54.6 Å². The summed E-state index contributed by atoms with van der Waals surface area (Å²) in [7, 11) is 0. The minimum atomic E-state index is -1.42. The Hall–Kier alpha value is -2.82. The number of hydrogen-bond acceptors (Lipinski definition) is 6. The van der Waals surface area contributed by atoms with Gasteiger partial charge < -0.3 is 25.4 Å². The van der Waals surface area contributed by atoms with Crippen LogP contribution in [0, 0.1) is 12.7 Å². The fraction of sp³-hybridized carbons (Fsp3) is 0.321. The number of aliphatic hydroxyl groups is 2. The molecule has 0 aliphatic heterocycles. The predicted octanol–water partition coefficient (Wildman–Crippen LogP) is -0.358. The van der Waals surface area contributed by atoms with E-state index in [1.807, 2.05) is 45.0 Å². The van der Waals surface area contributed by atoms with Crippen LogP contribution in [0.5, 0.6) is 0 Å². The Morgan fingerprint density at radius 3 is 2.39 bits per heavy atom. The molecule has 8 nitrogen and oxygen atoms in total. The Kier molecular flexibility index (Phi) is 11.9. The number of nitrogens with one attached hydrogen (secondary N) is 1. The van der Waals surface area contributed by atoms with Gasteiger partial charge in [-0.1, -0.05) is 44.2 Å². The van der Waals surface area contributed by atoms with Gasteiger partial charge in [0.2, 0.25) is 0 Å². The first-order chi connectivity index (χ1) is 17.6. The van der Waals surface area contributed by atoms with E-state index in [0.29, 0.717) is 23.5 Å². The van der Waals surface area contributed by atoms with Crippen molar-refractivity contribution in [3.8, 4) is 5.69 Å². The standard InChI is InChI=1S/C28H32FN3O5.Na/c1-17(2)26-24(13-12-22(33)14-23(34)15-25(35)36)32(21-10-8-20(29)9-11-21)31-27(26)28(37)30-16-19-7-5-4-6-18(19)3;/h4-13,17,22-23,33-34H,14-16H2,1-3H3,(H,30,37)(H,35,36);/q;+1/p-1/t22-,23+;/m0./s1. The summed E-state index contributed by atoms with van der Waals surface area (Å²) < 4.78 is 15.1. The number of carboxylic acid groups (broad SMARTS) is 1. The van der Waals surface area contributed by atoms with E-state index in [1.165, 1.54) is 35.0 Å². The Balaban J connectivity index is 0.00000507. The van der Waals surface area contributed by atoms with E-state index in [1.54, 1.807) is 6.08 Å². The normalized spacial score (nSPS) is 12.8. The van der Waals surface area contributed by atoms with Crippen LogP contribution in [0.3, 0.4) is 0 Å². The Labute approximate surface area is 243 Å². The van der Waals surface area contributed by atoms with Crippen LogP contribution in [-0.4, -0.2) is 44.1 Å². The van der Waals surface area contributed by atoms with Crippen molar-refractivity contribution in [1.29, 1.82) is 0 Å². The number of nitrogens with zero attached hydrogens (tertiary/aromatic N) is 2. The van der Waals surface area contributed by atoms with Gasteiger partial charge in [-0.15, -0.1) is 0 Å². The summed E-state index contributed by atoms with van der Waals surface area (Å²) in [5.74, 6) is -2.37. The summed E-state index contributed by atoms with van der Waals surface area (Å²) in [4.78, 5) is 24.0. The maximum Gasteiger partial charge on any atom is 1.00 e. The van der Waals surface area contributed by atoms with E-state index in [0.717, 1.165) is 11.1 Å². The van der Waals surface area contributed by atoms with Crippen molar-refractivity contribution in [3.63, 3.8) is 0 Å². The van der Waals surface area contributed by atoms with Crippen molar-refractivity contribution in [2.75, 3.05) is 0 Å². The Morgan fingerprint density at radius 2 is 1.79 bits per heavy atom. The fourth-order valence-electron chi connectivity index (χ4n) is 4.02. The number of aliphatic hydroxyl groups excluding tert-OH is 2. The number of halogens is 1. The first kappa shape index (κ1) is 31.4. The molecule has 3 N–H and O–H groups in total. The molecule has 0 aliphatic rings. The number of hydrogen-bond donors (Lipinski definition) is 3. The number of aromatic nitrogens is 2. The molecule has 0 unspecified atom stereocenters. The third kappa shape index (κ3) is 8.34. The number of carboxylic acids is 1. The molecule has 0 fully saturated rings. The van der Waals surface area contributed by atoms with Crippen LogP contribution in [0.2, 0.25) is 0 Å². The smallest absolute Gasteiger partial charge is 0.550 e. The molecular weight excluding hydrogens is 500 g/mol. The Morgan fingerprint density at radius 1 is 1.13 bits per heavy atom. The van der Waals surface area contributed by atoms with Gasteiger partial charge in [-0.05, 0) is 54.3 Å². The van der Waals surface area contributed by atoms with Gasteiger partial charge in [0.15, 0.2) is 5.69 Å². The molecule has 0 aliphatic carbocycles. The van der Waals surface area contributed by atoms with Gasteiger partial charge in [0.1, 0.15) is 5.82 Å². The molecule has 0 radical (unpaired) electrons. The number of carbonyl (C=O) groups is 2. The molecule has 2 aromatic carbocycles. The number of benzene rings is 2. The molecule has 0 bridgehead atoms. The second kappa shape index (κ2) is 14.4. The zero-order valence-corrected chi connectivity index (χ0v) is 24.0. The van der Waals surface area contributed by atoms with Crippen LogP contribution in [0.1, 0.15) is 65.5 Å². The van der Waals surface area contributed by atoms with Gasteiger partial charge in [0, 0.05) is 30.9 Å². The summed E-state index contributed by atoms with van der Waals surface area (Å²) in [6, 6.07) is 13.3. The third-order valence-corrected chi connectivity index (χ3v) is 5.92. The number of aryl methyl sites for hydroxylation is 1. The summed E-state index contributed by atoms with van der Waals surface area (Å²) in [6.45, 7) is 6.08. The van der Waals surface area contributed by atoms with Crippen molar-refractivity contribution < 1.29 is 58.9 Å². The van der Waals surface area contributed by atoms with Crippen molar-refractivity contribution in [3.05, 3.63) is 88.5 Å². The summed E-state index contributed by atoms with van der Waals surface area (Å²) in [5.41, 5.74) is 3.83. The fourth-order valence-corrected chi connectivity index (χ4v) is 4.02. The summed E-state index contributed by atoms with van der Waals surface area (Å²) in [5, 5.41) is 38.3. The van der Waals surface area contributed by atoms with E-state index in [9.17, 15) is 29.3 Å². The van der Waals surface area contributed by atoms with Crippen molar-refractivity contribution in [2.45, 2.75) is 58.3 Å². The van der Waals surface area contributed by atoms with Gasteiger partial charge in [-0.25, -0.2) is 9.07 Å². The number of aliphatic carboxylic acids is 1. The molecule has 1 aromatic heterocycles. The maximum atomic E-state index is 13.6. The molecule has 1 amide bonds. The first-order valence-corrected chi connectivity index (χ1v) is 12.0. The van der Waals surface area contributed by atoms with Gasteiger partial charge in [0.05, 0.1) is 23.6 Å². The third-order valence-electron chi connectivity index (χ3n) is 5.92. The van der Waals surface area contributed by atoms with E-state index < -0.39 is 30.4 Å². The van der Waals surface area contributed by atoms with Gasteiger partial charge in [0.25, 0.3) is 5.91 Å². The molecule has 0 saturated heterocycles. The molecule has 10 heteroatoms. The van der Waals surface area contributed by atoms with E-state index in [4.69, 9.17) is 0 Å². The molecule has 3 aromatic rings. The molecule has 0 spiro atoms. The minimum Gasteiger partial charge on any atom is -0.550 e. The average molecular weight is 532 g/mol. The number of rotatable bonds is 11. The van der Waals surface area contributed by atoms with E-state index in [-0.39, 0.29) is 53.5 Å². The molecule has 38 heavy (non-hydrogen) atoms. The van der Waals surface area contributed by atoms with Gasteiger partial charge in [-0.3, -0.25) is 4.79 Å². The van der Waals surface area contributed by atoms with Gasteiger partial charge >= 0.3 is 29.6 Å². The molecule has 196 valence electrons. The minimum absolute atomic E-state index is 0. The average Bonchev–Trinajstić information content (AvgIpc) is 3.22. The van der Waals surface area contributed by atoms with E-state index >= 15 is 0 Å². The number of amides is 1. The second-order valence-electron chi connectivity index (χ2n) is 9.19. The summed E-state index contributed by atoms with van der Waals surface area (Å²) in [6.07, 6.45) is -0.281. The molecule has 2 atom stereocenters. The second-order valence-corrected chi connectivity index (χ2v) is 9.19. The van der Waals surface area contributed by atoms with Crippen LogP contribution in [0.4, 0.5) is 4.39 Å². The van der Waals surface area contributed by atoms with Crippen LogP contribution >= 0.6 is 0 Å². The van der Waals surface area contributed by atoms with Crippen LogP contribution in [0.25, 0.3) is 11.8 Å². The zero-order chi connectivity index (χ0) is 27.1. The SMILES string of the molecule is Cc1ccccc1CNC(=O)c1nn(-c2ccc(F)cc2)c(C=C[C@H](O)C[C@@H](O)CC(=O)[O-])c1C(C)C.[Na+]. The first-order valence-electron chi connectivity index (χ1n) is 12.0. The van der Waals surface area contributed by atoms with E-state index in [2.05, 4.69) is 10.4 Å². The van der Waals surface area contributed by atoms with Crippen molar-refractivity contribution in [2.24, 2.45) is 0 Å². The van der Waals surface area contributed by atoms with Crippen molar-refractivity contribution in [1.82, 2.24) is 15.1 Å². The molecule has 3 rings (SSSR count). The number of carbonyl (C=O) groups excluding carboxylic acids is 2. The van der Waals surface area contributed by atoms with Crippen molar-refractivity contribution >= 4 is 18.0 Å². The molecule has 0 saturated carbocycles. The quantitative estimate of drug-likeness (QED) is 0.290. The largest absolute Gasteiger partial charge is 1.00 e. The monoisotopic (exact) mass is 531 g/mol. The maximum absolute atomic E-state index is 13.6. The zero-order valence-electron chi connectivity index (χ0n) is 22.0. The van der Waals surface area contributed by atoms with Crippen LogP contribution < -0.4 is 40.0 Å². The Bertz CT molecular complexity index is 1270. The summed E-state index contributed by atoms with van der Waals surface area (Å²) >= 11 is 0. The topological polar surface area (TPSA) is 128 Å². The molecule has 1 heterocycles. The van der Waals surface area contributed by atoms with Gasteiger partial charge in [-0.2, -0.15) is 5.10 Å². The van der Waals surface area contributed by atoms with Crippen LogP contribution in [-0.2, 0) is 11.3 Å². The molecular formula is C28H31FN3NaO5.